The molecular formula is C16H25ClN2O. The van der Waals surface area contributed by atoms with Gasteiger partial charge in [0.2, 0.25) is 5.91 Å². The molecule has 0 saturated carbocycles. The van der Waals surface area contributed by atoms with E-state index in [0.29, 0.717) is 18.8 Å². The van der Waals surface area contributed by atoms with Crippen molar-refractivity contribution in [2.45, 2.75) is 39.8 Å². The highest BCUT2D eigenvalue weighted by Crippen LogP contribution is 2.07. The highest BCUT2D eigenvalue weighted by Gasteiger charge is 2.03. The summed E-state index contributed by atoms with van der Waals surface area (Å²) in [5.41, 5.74) is 2.44. The van der Waals surface area contributed by atoms with E-state index in [-0.39, 0.29) is 5.91 Å². The first-order chi connectivity index (χ1) is 9.69. The van der Waals surface area contributed by atoms with E-state index in [0.717, 1.165) is 31.6 Å². The van der Waals surface area contributed by atoms with E-state index in [1.807, 2.05) is 0 Å². The summed E-state index contributed by atoms with van der Waals surface area (Å²) in [5, 5.41) is 2.91. The lowest BCUT2D eigenvalue weighted by atomic mass is 10.1. The molecule has 0 unspecified atom stereocenters. The highest BCUT2D eigenvalue weighted by molar-refractivity contribution is 6.17. The van der Waals surface area contributed by atoms with Gasteiger partial charge in [-0.05, 0) is 30.6 Å². The van der Waals surface area contributed by atoms with Crippen LogP contribution < -0.4 is 5.32 Å². The van der Waals surface area contributed by atoms with E-state index in [1.54, 1.807) is 0 Å². The Morgan fingerprint density at radius 2 is 1.75 bits per heavy atom. The number of amides is 1. The van der Waals surface area contributed by atoms with Gasteiger partial charge in [0.15, 0.2) is 0 Å². The first kappa shape index (κ1) is 17.0. The number of alkyl halides is 1. The van der Waals surface area contributed by atoms with Gasteiger partial charge in [0.05, 0.1) is 0 Å². The van der Waals surface area contributed by atoms with Gasteiger partial charge in [-0.1, -0.05) is 38.1 Å². The molecule has 0 heterocycles. The summed E-state index contributed by atoms with van der Waals surface area (Å²) in [5.74, 6) is 0.603. The summed E-state index contributed by atoms with van der Waals surface area (Å²) in [4.78, 5) is 13.9. The molecule has 1 aromatic rings. The molecule has 1 amide bonds. The molecule has 1 aromatic carbocycles. The molecule has 1 rings (SSSR count). The summed E-state index contributed by atoms with van der Waals surface area (Å²) in [6.07, 6.45) is 1.24. The summed E-state index contributed by atoms with van der Waals surface area (Å²) in [7, 11) is 0. The third-order valence-corrected chi connectivity index (χ3v) is 3.62. The lowest BCUT2D eigenvalue weighted by Gasteiger charge is -2.18. The molecule has 0 saturated heterocycles. The third-order valence-electron chi connectivity index (χ3n) is 3.35. The summed E-state index contributed by atoms with van der Waals surface area (Å²) in [6.45, 7) is 8.05. The number of carbonyl (C=O) groups excluding carboxylic acids is 1. The van der Waals surface area contributed by atoms with Gasteiger partial charge in [-0.3, -0.25) is 9.69 Å². The minimum absolute atomic E-state index is 0.0675. The Kier molecular flexibility index (Phi) is 8.31. The van der Waals surface area contributed by atoms with Crippen molar-refractivity contribution < 1.29 is 4.79 Å². The van der Waals surface area contributed by atoms with Gasteiger partial charge in [-0.2, -0.15) is 0 Å². The number of carbonyl (C=O) groups is 1. The van der Waals surface area contributed by atoms with Crippen LogP contribution in [0.3, 0.4) is 0 Å². The second-order valence-corrected chi connectivity index (χ2v) is 5.23. The topological polar surface area (TPSA) is 32.3 Å². The van der Waals surface area contributed by atoms with Crippen LogP contribution in [0, 0.1) is 0 Å². The van der Waals surface area contributed by atoms with Gasteiger partial charge in [-0.25, -0.2) is 0 Å². The van der Waals surface area contributed by atoms with Crippen molar-refractivity contribution in [2.75, 3.05) is 19.0 Å². The van der Waals surface area contributed by atoms with E-state index in [9.17, 15) is 4.79 Å². The zero-order valence-corrected chi connectivity index (χ0v) is 13.2. The van der Waals surface area contributed by atoms with Crippen LogP contribution in [0.1, 0.15) is 37.8 Å². The number of halogens is 1. The Balaban J connectivity index is 2.40. The van der Waals surface area contributed by atoms with E-state index < -0.39 is 0 Å². The number of benzene rings is 1. The largest absolute Gasteiger partial charge is 0.352 e. The molecule has 0 aliphatic heterocycles. The minimum Gasteiger partial charge on any atom is -0.352 e. The van der Waals surface area contributed by atoms with Crippen LogP contribution in [-0.2, 0) is 17.9 Å². The molecule has 20 heavy (non-hydrogen) atoms. The number of nitrogens with one attached hydrogen (secondary N) is 1. The molecule has 3 nitrogen and oxygen atoms in total. The number of hydrogen-bond donors (Lipinski definition) is 1. The maximum atomic E-state index is 11.5. The predicted molar refractivity (Wildman–Crippen MR) is 84.9 cm³/mol. The molecule has 0 radical (unpaired) electrons. The average molecular weight is 297 g/mol. The lowest BCUT2D eigenvalue weighted by Crippen LogP contribution is -2.23. The Labute approximate surface area is 127 Å². The Morgan fingerprint density at radius 3 is 2.30 bits per heavy atom. The second-order valence-electron chi connectivity index (χ2n) is 4.85. The molecule has 0 aliphatic carbocycles. The maximum Gasteiger partial charge on any atom is 0.220 e. The number of nitrogens with zero attached hydrogens (tertiary/aromatic N) is 1. The molecule has 0 aliphatic rings. The zero-order chi connectivity index (χ0) is 14.8. The van der Waals surface area contributed by atoms with Crippen molar-refractivity contribution in [3.8, 4) is 0 Å². The Bertz CT molecular complexity index is 388. The van der Waals surface area contributed by atoms with Crippen LogP contribution in [0.4, 0.5) is 0 Å². The summed E-state index contributed by atoms with van der Waals surface area (Å²) < 4.78 is 0. The van der Waals surface area contributed by atoms with Crippen molar-refractivity contribution in [1.82, 2.24) is 10.2 Å². The first-order valence-corrected chi connectivity index (χ1v) is 7.85. The lowest BCUT2D eigenvalue weighted by molar-refractivity contribution is -0.121. The van der Waals surface area contributed by atoms with Crippen molar-refractivity contribution in [3.63, 3.8) is 0 Å². The van der Waals surface area contributed by atoms with Crippen molar-refractivity contribution in [3.05, 3.63) is 35.4 Å². The van der Waals surface area contributed by atoms with Gasteiger partial charge >= 0.3 is 0 Å². The van der Waals surface area contributed by atoms with Crippen LogP contribution in [0.2, 0.25) is 0 Å². The molecule has 1 N–H and O–H groups in total. The standard InChI is InChI=1S/C16H25ClN2O/c1-3-19(4-2)13-15-9-7-14(8-10-15)12-18-16(20)6-5-11-17/h7-10H,3-6,11-13H2,1-2H3,(H,18,20). The van der Waals surface area contributed by atoms with Crippen LogP contribution in [-0.4, -0.2) is 29.8 Å². The monoisotopic (exact) mass is 296 g/mol. The fourth-order valence-electron chi connectivity index (χ4n) is 1.98. The normalized spacial score (nSPS) is 10.8. The smallest absolute Gasteiger partial charge is 0.220 e. The Morgan fingerprint density at radius 1 is 1.15 bits per heavy atom. The predicted octanol–water partition coefficient (Wildman–Crippen LogP) is 3.16. The second kappa shape index (κ2) is 9.78. The molecule has 0 spiro atoms. The average Bonchev–Trinajstić information content (AvgIpc) is 2.49. The van der Waals surface area contributed by atoms with Gasteiger partial charge in [0.25, 0.3) is 0 Å². The number of rotatable bonds is 9. The molecule has 112 valence electrons. The molecule has 0 atom stereocenters. The molecule has 0 fully saturated rings. The van der Waals surface area contributed by atoms with Crippen molar-refractivity contribution >= 4 is 17.5 Å². The van der Waals surface area contributed by atoms with Crippen molar-refractivity contribution in [2.24, 2.45) is 0 Å². The SMILES string of the molecule is CCN(CC)Cc1ccc(CNC(=O)CCCCl)cc1. The van der Waals surface area contributed by atoms with Crippen LogP contribution >= 0.6 is 11.6 Å². The van der Waals surface area contributed by atoms with E-state index in [1.165, 1.54) is 5.56 Å². The van der Waals surface area contributed by atoms with Crippen LogP contribution in [0.15, 0.2) is 24.3 Å². The van der Waals surface area contributed by atoms with Crippen LogP contribution in [0.5, 0.6) is 0 Å². The van der Waals surface area contributed by atoms with Gasteiger partial charge < -0.3 is 5.32 Å². The van der Waals surface area contributed by atoms with Gasteiger partial charge in [0, 0.05) is 25.4 Å². The first-order valence-electron chi connectivity index (χ1n) is 7.32. The fraction of sp³-hybridized carbons (Fsp3) is 0.562. The summed E-state index contributed by atoms with van der Waals surface area (Å²) >= 11 is 5.56. The minimum atomic E-state index is 0.0675. The summed E-state index contributed by atoms with van der Waals surface area (Å²) in [6, 6.07) is 8.44. The molecule has 0 aromatic heterocycles. The van der Waals surface area contributed by atoms with Gasteiger partial charge in [-0.15, -0.1) is 11.6 Å². The van der Waals surface area contributed by atoms with E-state index in [2.05, 4.69) is 48.3 Å². The van der Waals surface area contributed by atoms with Crippen molar-refractivity contribution in [1.29, 1.82) is 0 Å². The Hall–Kier alpha value is -1.06. The molecule has 4 heteroatoms. The maximum absolute atomic E-state index is 11.5. The molecular weight excluding hydrogens is 272 g/mol. The van der Waals surface area contributed by atoms with E-state index >= 15 is 0 Å². The van der Waals surface area contributed by atoms with E-state index in [4.69, 9.17) is 11.6 Å². The zero-order valence-electron chi connectivity index (χ0n) is 12.5. The van der Waals surface area contributed by atoms with Crippen LogP contribution in [0.25, 0.3) is 0 Å². The van der Waals surface area contributed by atoms with Gasteiger partial charge in [0.1, 0.15) is 0 Å². The quantitative estimate of drug-likeness (QED) is 0.710. The fourth-order valence-corrected chi connectivity index (χ4v) is 2.12. The highest BCUT2D eigenvalue weighted by atomic mass is 35.5. The molecule has 0 bridgehead atoms. The third kappa shape index (κ3) is 6.40. The number of hydrogen-bond acceptors (Lipinski definition) is 2.